The third-order valence-electron chi connectivity index (χ3n) is 13.4. The second-order valence-corrected chi connectivity index (χ2v) is 17.1. The highest BCUT2D eigenvalue weighted by molar-refractivity contribution is 5.97. The van der Waals surface area contributed by atoms with Crippen LogP contribution in [0.5, 0.6) is 0 Å². The van der Waals surface area contributed by atoms with Gasteiger partial charge in [0.1, 0.15) is 0 Å². The number of hydrogen-bond acceptors (Lipinski definition) is 3. The van der Waals surface area contributed by atoms with Gasteiger partial charge in [0.25, 0.3) is 0 Å². The van der Waals surface area contributed by atoms with Crippen LogP contribution < -0.4 is 9.80 Å². The Kier molecular flexibility index (Phi) is 9.46. The molecule has 2 aliphatic rings. The monoisotopic (exact) mass is 852 g/mol. The molecule has 1 spiro atoms. The number of benzene rings is 10. The molecule has 1 aliphatic carbocycles. The van der Waals surface area contributed by atoms with Crippen molar-refractivity contribution in [2.45, 2.75) is 5.41 Å². The first-order valence-electron chi connectivity index (χ1n) is 22.5. The van der Waals surface area contributed by atoms with E-state index in [1.54, 1.807) is 0 Å². The maximum absolute atomic E-state index is 10.4. The molecule has 4 nitrogen and oxygen atoms in total. The topological polar surface area (TPSA) is 34.6 Å². The average molecular weight is 853 g/mol. The van der Waals surface area contributed by atoms with Gasteiger partial charge in [0, 0.05) is 22.7 Å². The summed E-state index contributed by atoms with van der Waals surface area (Å²) < 4.78 is 0. The van der Waals surface area contributed by atoms with Crippen LogP contribution in [0.4, 0.5) is 39.8 Å². The second-order valence-electron chi connectivity index (χ2n) is 17.1. The van der Waals surface area contributed by atoms with E-state index >= 15 is 0 Å². The van der Waals surface area contributed by atoms with Crippen molar-refractivity contribution < 1.29 is 0 Å². The zero-order chi connectivity index (χ0) is 44.9. The van der Waals surface area contributed by atoms with Crippen LogP contribution in [0.2, 0.25) is 0 Å². The fourth-order valence-electron chi connectivity index (χ4n) is 10.5. The van der Waals surface area contributed by atoms with Crippen LogP contribution in [0.3, 0.4) is 0 Å². The summed E-state index contributed by atoms with van der Waals surface area (Å²) in [5, 5.41) is 10.4. The van der Waals surface area contributed by atoms with Gasteiger partial charge >= 0.3 is 0 Å². The number of nitriles is 1. The minimum Gasteiger partial charge on any atom is -0.310 e. The summed E-state index contributed by atoms with van der Waals surface area (Å²) in [4.78, 5) is 8.65. The van der Waals surface area contributed by atoms with Crippen molar-refractivity contribution in [3.8, 4) is 50.6 Å². The smallest absolute Gasteiger partial charge is 0.187 e. The molecule has 0 amide bonds. The summed E-state index contributed by atoms with van der Waals surface area (Å²) >= 11 is 0. The highest BCUT2D eigenvalue weighted by Gasteiger charge is 2.52. The number of nitrogens with zero attached hydrogens (tertiary/aromatic N) is 4. The van der Waals surface area contributed by atoms with Crippen molar-refractivity contribution >= 4 is 39.8 Å². The van der Waals surface area contributed by atoms with Crippen LogP contribution in [-0.4, -0.2) is 0 Å². The van der Waals surface area contributed by atoms with Gasteiger partial charge in [0.15, 0.2) is 5.69 Å². The minimum atomic E-state index is -0.824. The number of para-hydroxylation sites is 3. The molecule has 1 heterocycles. The molecule has 0 radical (unpaired) electrons. The number of rotatable bonds is 7. The Morgan fingerprint density at radius 3 is 1.60 bits per heavy atom. The molecule has 0 aromatic heterocycles. The summed E-state index contributed by atoms with van der Waals surface area (Å²) in [7, 11) is 0. The summed E-state index contributed by atoms with van der Waals surface area (Å²) in [5.74, 6) is 0. The minimum absolute atomic E-state index is 0.580. The van der Waals surface area contributed by atoms with Crippen LogP contribution in [0.25, 0.3) is 49.4 Å². The number of hydrogen-bond donors (Lipinski definition) is 0. The van der Waals surface area contributed by atoms with E-state index < -0.39 is 5.41 Å². The zero-order valence-corrected chi connectivity index (χ0v) is 36.4. The highest BCUT2D eigenvalue weighted by atomic mass is 15.2. The first-order chi connectivity index (χ1) is 33.1. The fourth-order valence-corrected chi connectivity index (χ4v) is 10.5. The van der Waals surface area contributed by atoms with Crippen molar-refractivity contribution in [1.29, 1.82) is 5.26 Å². The summed E-state index contributed by atoms with van der Waals surface area (Å²) in [6, 6.07) is 88.1. The molecule has 67 heavy (non-hydrogen) atoms. The lowest BCUT2D eigenvalue weighted by atomic mass is 9.64. The first kappa shape index (κ1) is 39.4. The molecule has 1 unspecified atom stereocenters. The normalized spacial score (nSPS) is 14.0. The van der Waals surface area contributed by atoms with E-state index in [0.29, 0.717) is 11.3 Å². The Balaban J connectivity index is 1.06. The number of anilines is 6. The van der Waals surface area contributed by atoms with Crippen LogP contribution in [-0.2, 0) is 5.41 Å². The van der Waals surface area contributed by atoms with Crippen molar-refractivity contribution in [2.75, 3.05) is 9.80 Å². The molecule has 1 atom stereocenters. The first-order valence-corrected chi connectivity index (χ1v) is 22.5. The second kappa shape index (κ2) is 16.1. The molecule has 1 aliphatic heterocycles. The van der Waals surface area contributed by atoms with E-state index in [-0.39, 0.29) is 0 Å². The molecule has 0 saturated carbocycles. The van der Waals surface area contributed by atoms with E-state index in [1.165, 1.54) is 0 Å². The summed E-state index contributed by atoms with van der Waals surface area (Å²) in [6.45, 7) is 8.14. The van der Waals surface area contributed by atoms with Gasteiger partial charge in [-0.1, -0.05) is 158 Å². The zero-order valence-electron chi connectivity index (χ0n) is 36.4. The highest BCUT2D eigenvalue weighted by Crippen LogP contribution is 2.64. The lowest BCUT2D eigenvalue weighted by Gasteiger charge is -2.45. The summed E-state index contributed by atoms with van der Waals surface area (Å²) in [6.07, 6.45) is 0. The van der Waals surface area contributed by atoms with E-state index in [0.717, 1.165) is 101 Å². The van der Waals surface area contributed by atoms with Crippen molar-refractivity contribution in [3.05, 3.63) is 282 Å². The standard InChI is InChI=1S/C63H40N4/c1-65-50-30-34-56-55-33-26-43(42-64)36-58(55)63(59(56)41-50)57-24-14-15-25-61(57)67(52-22-12-5-13-23-52)62-35-29-47(40-60(62)63)46-27-31-53(32-28-46)66(51-20-10-4-11-21-51)54-38-48(44-16-6-2-7-17-44)37-49(39-54)45-18-8-3-9-19-45/h2-41H. The van der Waals surface area contributed by atoms with Crippen molar-refractivity contribution in [2.24, 2.45) is 0 Å². The summed E-state index contributed by atoms with van der Waals surface area (Å²) in [5.41, 5.74) is 19.8. The molecule has 4 heteroatoms. The average Bonchev–Trinajstić information content (AvgIpc) is 3.69. The molecular weight excluding hydrogens is 813 g/mol. The van der Waals surface area contributed by atoms with Gasteiger partial charge in [-0.3, -0.25) is 0 Å². The lowest BCUT2D eigenvalue weighted by Crippen LogP contribution is -2.36. The molecule has 12 rings (SSSR count). The molecule has 10 aromatic rings. The maximum Gasteiger partial charge on any atom is 0.187 e. The van der Waals surface area contributed by atoms with Gasteiger partial charge < -0.3 is 9.80 Å². The molecule has 0 saturated heterocycles. The Hall–Kier alpha value is -9.22. The van der Waals surface area contributed by atoms with E-state index in [2.05, 4.69) is 245 Å². The van der Waals surface area contributed by atoms with E-state index in [9.17, 15) is 5.26 Å². The van der Waals surface area contributed by atoms with Gasteiger partial charge in [0.05, 0.1) is 35.0 Å². The molecule has 0 bridgehead atoms. The van der Waals surface area contributed by atoms with Crippen molar-refractivity contribution in [1.82, 2.24) is 0 Å². The van der Waals surface area contributed by atoms with E-state index in [1.807, 2.05) is 18.2 Å². The number of fused-ring (bicyclic) bond motifs is 9. The SMILES string of the molecule is [C-]#[N+]c1ccc2c(c1)C1(c3cc(C#N)ccc3-2)c2ccccc2N(c2ccccc2)c2ccc(-c3ccc(N(c4ccccc4)c4cc(-c5ccccc5)cc(-c5ccccc5)c4)cc3)cc21. The molecular formula is C63H40N4. The predicted molar refractivity (Wildman–Crippen MR) is 274 cm³/mol. The van der Waals surface area contributed by atoms with Crippen LogP contribution in [0.1, 0.15) is 27.8 Å². The Morgan fingerprint density at radius 2 is 0.940 bits per heavy atom. The van der Waals surface area contributed by atoms with Crippen LogP contribution in [0.15, 0.2) is 243 Å². The third-order valence-corrected chi connectivity index (χ3v) is 13.4. The lowest BCUT2D eigenvalue weighted by molar-refractivity contribution is 0.753. The van der Waals surface area contributed by atoms with Gasteiger partial charge in [-0.2, -0.15) is 5.26 Å². The third kappa shape index (κ3) is 6.43. The molecule has 312 valence electrons. The van der Waals surface area contributed by atoms with Crippen LogP contribution >= 0.6 is 0 Å². The Morgan fingerprint density at radius 1 is 0.403 bits per heavy atom. The van der Waals surface area contributed by atoms with Crippen LogP contribution in [0, 0.1) is 17.9 Å². The largest absolute Gasteiger partial charge is 0.310 e. The van der Waals surface area contributed by atoms with Gasteiger partial charge in [0.2, 0.25) is 0 Å². The van der Waals surface area contributed by atoms with Gasteiger partial charge in [-0.05, 0) is 152 Å². The molecule has 0 N–H and O–H groups in total. The fraction of sp³-hybridized carbons (Fsp3) is 0.0159. The Bertz CT molecular complexity index is 3470. The van der Waals surface area contributed by atoms with Crippen molar-refractivity contribution in [3.63, 3.8) is 0 Å². The van der Waals surface area contributed by atoms with Gasteiger partial charge in [-0.25, -0.2) is 4.85 Å². The maximum atomic E-state index is 10.4. The quantitative estimate of drug-likeness (QED) is 0.150. The predicted octanol–water partition coefficient (Wildman–Crippen LogP) is 16.7. The molecule has 0 fully saturated rings. The van der Waals surface area contributed by atoms with E-state index in [4.69, 9.17) is 6.57 Å². The van der Waals surface area contributed by atoms with Gasteiger partial charge in [-0.15, -0.1) is 0 Å². The Labute approximate surface area is 391 Å². The molecule has 10 aromatic carbocycles.